The van der Waals surface area contributed by atoms with E-state index in [0.29, 0.717) is 0 Å². The first kappa shape index (κ1) is 20.6. The van der Waals surface area contributed by atoms with Crippen LogP contribution in [0.2, 0.25) is 0 Å². The number of hydrogen-bond acceptors (Lipinski definition) is 3. The van der Waals surface area contributed by atoms with E-state index in [4.69, 9.17) is 0 Å². The van der Waals surface area contributed by atoms with E-state index in [1.807, 2.05) is 0 Å². The van der Waals surface area contributed by atoms with Crippen molar-refractivity contribution >= 4 is 11.7 Å². The Morgan fingerprint density at radius 1 is 0.960 bits per heavy atom. The van der Waals surface area contributed by atoms with Crippen molar-refractivity contribution in [2.24, 2.45) is 0 Å². The average molecular weight is 385 g/mol. The molecule has 3 nitrogen and oxygen atoms in total. The van der Waals surface area contributed by atoms with Gasteiger partial charge >= 0.3 is 18.3 Å². The molecule has 1 aromatic carbocycles. The number of carbonyl (C=O) groups is 1. The third-order valence-corrected chi connectivity index (χ3v) is 2.45. The zero-order valence-electron chi connectivity index (χ0n) is 11.2. The summed E-state index contributed by atoms with van der Waals surface area (Å²) in [6, 6.07) is -0.245. The molecule has 0 aliphatic carbocycles. The minimum Gasteiger partial charge on any atom is -0.872 e. The maximum absolute atomic E-state index is 13.2. The van der Waals surface area contributed by atoms with E-state index in [1.165, 1.54) is 0 Å². The van der Waals surface area contributed by atoms with E-state index in [-0.39, 0.29) is 6.07 Å². The van der Waals surface area contributed by atoms with Gasteiger partial charge in [0.15, 0.2) is 23.3 Å². The summed E-state index contributed by atoms with van der Waals surface area (Å²) >= 11 is 0. The van der Waals surface area contributed by atoms with Gasteiger partial charge in [0.1, 0.15) is 0 Å². The van der Waals surface area contributed by atoms with Crippen LogP contribution in [0.15, 0.2) is 12.1 Å². The van der Waals surface area contributed by atoms with Gasteiger partial charge in [-0.1, -0.05) is 5.76 Å². The van der Waals surface area contributed by atoms with Gasteiger partial charge in [-0.05, 0) is 6.07 Å². The van der Waals surface area contributed by atoms with Crippen molar-refractivity contribution in [3.05, 3.63) is 41.0 Å². The van der Waals surface area contributed by atoms with Gasteiger partial charge in [0.05, 0.1) is 0 Å². The van der Waals surface area contributed by atoms with Crippen LogP contribution in [0, 0.1) is 23.3 Å². The van der Waals surface area contributed by atoms with Gasteiger partial charge in [-0.15, -0.1) is 0 Å². The summed E-state index contributed by atoms with van der Waals surface area (Å²) in [7, 11) is 0. The minimum absolute atomic E-state index is 0.245. The fraction of sp³-hybridized carbons (Fsp3) is 0.250. The van der Waals surface area contributed by atoms with Gasteiger partial charge in [0.2, 0.25) is 0 Å². The highest BCUT2D eigenvalue weighted by Crippen LogP contribution is 2.36. The number of alkyl halides is 6. The molecule has 0 aliphatic rings. The lowest BCUT2D eigenvalue weighted by Gasteiger charge is -2.22. The fourth-order valence-corrected chi connectivity index (χ4v) is 1.41. The molecule has 0 radical (unpaired) electrons. The first-order valence-corrected chi connectivity index (χ1v) is 5.72. The van der Waals surface area contributed by atoms with Crippen LogP contribution in [-0.2, 0) is 9.53 Å². The summed E-state index contributed by atoms with van der Waals surface area (Å²) in [6.07, 6.45) is -17.4. The van der Waals surface area contributed by atoms with Crippen molar-refractivity contribution in [2.75, 3.05) is 0 Å². The molecule has 13 heteroatoms. The lowest BCUT2D eigenvalue weighted by atomic mass is 10.1. The van der Waals surface area contributed by atoms with E-state index >= 15 is 0 Å². The second kappa shape index (κ2) is 6.80. The Kier molecular flexibility index (Phi) is 5.60. The van der Waals surface area contributed by atoms with Gasteiger partial charge < -0.3 is 9.84 Å². The summed E-state index contributed by atoms with van der Waals surface area (Å²) in [4.78, 5) is 11.0. The molecule has 0 fully saturated rings. The minimum atomic E-state index is -6.08. The van der Waals surface area contributed by atoms with Crippen molar-refractivity contribution in [3.63, 3.8) is 0 Å². The van der Waals surface area contributed by atoms with Crippen LogP contribution in [0.1, 0.15) is 5.56 Å². The van der Waals surface area contributed by atoms with E-state index < -0.39 is 65.1 Å². The highest BCUT2D eigenvalue weighted by atomic mass is 19.4. The molecule has 1 aromatic rings. The zero-order chi connectivity index (χ0) is 19.7. The van der Waals surface area contributed by atoms with E-state index in [1.54, 1.807) is 0 Å². The highest BCUT2D eigenvalue weighted by Gasteiger charge is 2.59. The number of esters is 1. The summed E-state index contributed by atoms with van der Waals surface area (Å²) in [5, 5.41) is 11.4. The second-order valence-electron chi connectivity index (χ2n) is 4.26. The Labute approximate surface area is 131 Å². The Bertz CT molecular complexity index is 691. The molecule has 0 spiro atoms. The summed E-state index contributed by atoms with van der Waals surface area (Å²) in [5.74, 6) is -13.8. The number of carbonyl (C=O) groups excluding carboxylic acids is 1. The van der Waals surface area contributed by atoms with Gasteiger partial charge in [-0.3, -0.25) is 0 Å². The quantitative estimate of drug-likeness (QED) is 0.201. The van der Waals surface area contributed by atoms with E-state index in [2.05, 4.69) is 4.74 Å². The molecular formula is C12H3F10O3-. The zero-order valence-corrected chi connectivity index (χ0v) is 11.2. The highest BCUT2D eigenvalue weighted by molar-refractivity contribution is 5.89. The van der Waals surface area contributed by atoms with Crippen molar-refractivity contribution in [1.29, 1.82) is 0 Å². The van der Waals surface area contributed by atoms with Crippen LogP contribution in [0.5, 0.6) is 0 Å². The van der Waals surface area contributed by atoms with Crippen LogP contribution in [-0.4, -0.2) is 24.4 Å². The Balaban J connectivity index is 3.17. The third kappa shape index (κ3) is 4.76. The van der Waals surface area contributed by atoms with E-state index in [0.717, 1.165) is 0 Å². The monoisotopic (exact) mass is 385 g/mol. The van der Waals surface area contributed by atoms with Gasteiger partial charge in [0.25, 0.3) is 6.10 Å². The van der Waals surface area contributed by atoms with Gasteiger partial charge in [-0.25, -0.2) is 22.4 Å². The second-order valence-corrected chi connectivity index (χ2v) is 4.26. The molecular weight excluding hydrogens is 382 g/mol. The summed E-state index contributed by atoms with van der Waals surface area (Å²) in [5.41, 5.74) is -1.65. The Morgan fingerprint density at radius 2 is 1.44 bits per heavy atom. The SMILES string of the molecule is O=C(/C=C(\[O-])c1cc(F)c(F)c(F)c1F)OC(C(F)(F)F)C(F)(F)F. The van der Waals surface area contributed by atoms with Crippen molar-refractivity contribution < 1.29 is 58.5 Å². The van der Waals surface area contributed by atoms with Crippen LogP contribution in [0.25, 0.3) is 5.76 Å². The molecule has 0 N–H and O–H groups in total. The van der Waals surface area contributed by atoms with Crippen molar-refractivity contribution in [1.82, 2.24) is 0 Å². The first-order chi connectivity index (χ1) is 11.2. The van der Waals surface area contributed by atoms with Crippen LogP contribution in [0.3, 0.4) is 0 Å². The molecule has 0 aliphatic heterocycles. The van der Waals surface area contributed by atoms with Gasteiger partial charge in [-0.2, -0.15) is 26.3 Å². The predicted molar refractivity (Wildman–Crippen MR) is 56.2 cm³/mol. The van der Waals surface area contributed by atoms with Crippen LogP contribution >= 0.6 is 0 Å². The van der Waals surface area contributed by atoms with Crippen molar-refractivity contribution in [2.45, 2.75) is 18.5 Å². The molecule has 0 amide bonds. The number of ether oxygens (including phenoxy) is 1. The van der Waals surface area contributed by atoms with Gasteiger partial charge in [0, 0.05) is 11.6 Å². The summed E-state index contributed by atoms with van der Waals surface area (Å²) < 4.78 is 128. The van der Waals surface area contributed by atoms with Crippen LogP contribution < -0.4 is 5.11 Å². The number of benzene rings is 1. The predicted octanol–water partition coefficient (Wildman–Crippen LogP) is 2.98. The first-order valence-electron chi connectivity index (χ1n) is 5.72. The summed E-state index contributed by atoms with van der Waals surface area (Å²) in [6.45, 7) is 0. The average Bonchev–Trinajstić information content (AvgIpc) is 2.43. The normalized spacial score (nSPS) is 13.3. The molecule has 0 saturated carbocycles. The standard InChI is InChI=1S/C12H4F10O3/c13-4-1-3(7(14)9(16)8(4)15)5(23)2-6(24)25-10(11(17,18)19)12(20,21)22/h1-2,10,23H/p-1/b5-2-. The number of hydrogen-bond donors (Lipinski definition) is 0. The molecule has 0 aromatic heterocycles. The maximum atomic E-state index is 13.2. The molecule has 25 heavy (non-hydrogen) atoms. The number of rotatable bonds is 3. The maximum Gasteiger partial charge on any atom is 0.434 e. The smallest absolute Gasteiger partial charge is 0.434 e. The molecule has 0 unspecified atom stereocenters. The lowest BCUT2D eigenvalue weighted by Crippen LogP contribution is -2.45. The Morgan fingerprint density at radius 3 is 1.88 bits per heavy atom. The molecule has 0 saturated heterocycles. The van der Waals surface area contributed by atoms with E-state index in [9.17, 15) is 53.8 Å². The molecule has 0 bridgehead atoms. The number of halogens is 10. The molecule has 0 heterocycles. The fourth-order valence-electron chi connectivity index (χ4n) is 1.41. The van der Waals surface area contributed by atoms with Crippen molar-refractivity contribution in [3.8, 4) is 0 Å². The molecule has 1 rings (SSSR count). The van der Waals surface area contributed by atoms with Crippen LogP contribution in [0.4, 0.5) is 43.9 Å². The largest absolute Gasteiger partial charge is 0.872 e. The molecule has 140 valence electrons. The lowest BCUT2D eigenvalue weighted by molar-refractivity contribution is -0.312. The third-order valence-electron chi connectivity index (χ3n) is 2.45. The molecule has 0 atom stereocenters. The topological polar surface area (TPSA) is 49.4 Å². The Hall–Kier alpha value is -2.47.